The van der Waals surface area contributed by atoms with Gasteiger partial charge in [0.2, 0.25) is 0 Å². The maximum atomic E-state index is 9.59. The summed E-state index contributed by atoms with van der Waals surface area (Å²) in [7, 11) is 2.70. The van der Waals surface area contributed by atoms with Crippen molar-refractivity contribution in [1.82, 2.24) is 0 Å². The van der Waals surface area contributed by atoms with Crippen molar-refractivity contribution in [3.05, 3.63) is 0 Å². The molecular formula is C15H42O5. The zero-order chi connectivity index (χ0) is 12.1. The lowest BCUT2D eigenvalue weighted by Gasteiger charge is -1.80. The first kappa shape index (κ1) is 62.5. The normalized spacial score (nSPS) is 4.70. The van der Waals surface area contributed by atoms with Gasteiger partial charge in [-0.3, -0.25) is 9.59 Å². The Morgan fingerprint density at radius 3 is 0.600 bits per heavy atom. The average Bonchev–Trinajstić information content (AvgIpc) is 2.04. The minimum atomic E-state index is -0.245. The minimum Gasteiger partial charge on any atom is -0.469 e. The molecule has 0 heterocycles. The van der Waals surface area contributed by atoms with Crippen LogP contribution in [0, 0.1) is 0 Å². The highest BCUT2D eigenvalue weighted by Crippen LogP contribution is 1.60. The number of ether oxygens (including phenoxy) is 2. The first-order chi connectivity index (χ1) is 6.27. The quantitative estimate of drug-likeness (QED) is 0.603. The van der Waals surface area contributed by atoms with Gasteiger partial charge in [-0.05, 0) is 13.8 Å². The molecule has 0 aromatic heterocycles. The van der Waals surface area contributed by atoms with E-state index in [1.54, 1.807) is 0 Å². The Morgan fingerprint density at radius 2 is 0.600 bits per heavy atom. The number of ketones is 1. The first-order valence-corrected chi connectivity index (χ1v) is 3.84. The van der Waals surface area contributed by atoms with Crippen molar-refractivity contribution < 1.29 is 23.9 Å². The van der Waals surface area contributed by atoms with Gasteiger partial charge in [-0.25, -0.2) is 0 Å². The summed E-state index contributed by atoms with van der Waals surface area (Å²) in [4.78, 5) is 28.6. The first-order valence-electron chi connectivity index (χ1n) is 3.84. The molecule has 0 fully saturated rings. The van der Waals surface area contributed by atoms with Crippen molar-refractivity contribution in [2.75, 3.05) is 14.2 Å². The molecule has 0 spiro atoms. The van der Waals surface area contributed by atoms with E-state index >= 15 is 0 Å². The van der Waals surface area contributed by atoms with Crippen LogP contribution in [0.25, 0.3) is 0 Å². The molecule has 0 radical (unpaired) electrons. The van der Waals surface area contributed by atoms with Gasteiger partial charge in [0, 0.05) is 13.8 Å². The van der Waals surface area contributed by atoms with Gasteiger partial charge in [-0.15, -0.1) is 0 Å². The van der Waals surface area contributed by atoms with Gasteiger partial charge in [0.15, 0.2) is 0 Å². The summed E-state index contributed by atoms with van der Waals surface area (Å²) in [6.07, 6.45) is 0. The SMILES string of the molecule is C.C.C.C.C.C.CC(C)=O.COC(C)=O.COC(C)=O. The zero-order valence-electron chi connectivity index (χ0n) is 9.54. The monoisotopic (exact) mass is 302 g/mol. The summed E-state index contributed by atoms with van der Waals surface area (Å²) in [6.45, 7) is 5.78. The molecule has 20 heavy (non-hydrogen) atoms. The van der Waals surface area contributed by atoms with Crippen LogP contribution in [0.15, 0.2) is 0 Å². The lowest BCUT2D eigenvalue weighted by atomic mass is 10.6. The van der Waals surface area contributed by atoms with Gasteiger partial charge >= 0.3 is 11.9 Å². The molecule has 0 amide bonds. The van der Waals surface area contributed by atoms with Gasteiger partial charge < -0.3 is 14.3 Å². The van der Waals surface area contributed by atoms with Crippen molar-refractivity contribution >= 4 is 17.7 Å². The fourth-order valence-electron chi connectivity index (χ4n) is 0. The largest absolute Gasteiger partial charge is 0.469 e. The van der Waals surface area contributed by atoms with Crippen LogP contribution in [0.5, 0.6) is 0 Å². The third-order valence-electron chi connectivity index (χ3n) is 0.575. The van der Waals surface area contributed by atoms with E-state index in [-0.39, 0.29) is 62.3 Å². The highest BCUT2D eigenvalue weighted by Gasteiger charge is 1.76. The lowest BCUT2D eigenvalue weighted by Crippen LogP contribution is -1.88. The van der Waals surface area contributed by atoms with E-state index in [0.717, 1.165) is 0 Å². The second kappa shape index (κ2) is 52.6. The van der Waals surface area contributed by atoms with Crippen molar-refractivity contribution in [2.45, 2.75) is 72.3 Å². The van der Waals surface area contributed by atoms with Crippen LogP contribution in [-0.2, 0) is 23.9 Å². The molecule has 0 aromatic carbocycles. The van der Waals surface area contributed by atoms with E-state index in [0.29, 0.717) is 0 Å². The molecule has 0 aliphatic carbocycles. The molecule has 132 valence electrons. The summed E-state index contributed by atoms with van der Waals surface area (Å²) >= 11 is 0. The number of hydrogen-bond acceptors (Lipinski definition) is 5. The summed E-state index contributed by atoms with van der Waals surface area (Å²) in [5.74, 6) is -0.324. The third kappa shape index (κ3) is 594. The minimum absolute atomic E-state index is 0. The number of carbonyl (C=O) groups excluding carboxylic acids is 3. The van der Waals surface area contributed by atoms with Gasteiger partial charge in [0.05, 0.1) is 14.2 Å². The van der Waals surface area contributed by atoms with Crippen LogP contribution in [0.1, 0.15) is 72.3 Å². The Balaban J connectivity index is -0.0000000113. The van der Waals surface area contributed by atoms with Gasteiger partial charge in [0.1, 0.15) is 5.78 Å². The maximum absolute atomic E-state index is 9.59. The second-order valence-corrected chi connectivity index (χ2v) is 2.30. The zero-order valence-corrected chi connectivity index (χ0v) is 9.54. The molecule has 0 saturated heterocycles. The summed E-state index contributed by atoms with van der Waals surface area (Å²) in [6, 6.07) is 0. The molecule has 0 aliphatic heterocycles. The van der Waals surface area contributed by atoms with Crippen LogP contribution in [0.3, 0.4) is 0 Å². The fraction of sp³-hybridized carbons (Fsp3) is 0.800. The number of esters is 2. The highest BCUT2D eigenvalue weighted by molar-refractivity contribution is 5.72. The summed E-state index contributed by atoms with van der Waals surface area (Å²) in [5, 5.41) is 0. The molecule has 0 bridgehead atoms. The number of rotatable bonds is 0. The second-order valence-electron chi connectivity index (χ2n) is 2.30. The van der Waals surface area contributed by atoms with E-state index in [9.17, 15) is 14.4 Å². The van der Waals surface area contributed by atoms with Crippen LogP contribution < -0.4 is 0 Å². The van der Waals surface area contributed by atoms with Crippen LogP contribution in [-0.4, -0.2) is 31.9 Å². The van der Waals surface area contributed by atoms with Gasteiger partial charge in [-0.1, -0.05) is 44.6 Å². The Bertz CT molecular complexity index is 159. The van der Waals surface area contributed by atoms with E-state index in [2.05, 4.69) is 9.47 Å². The van der Waals surface area contributed by atoms with Crippen molar-refractivity contribution in [2.24, 2.45) is 0 Å². The molecule has 0 aromatic rings. The molecule has 5 nitrogen and oxygen atoms in total. The standard InChI is InChI=1S/2C3H6O2.C3H6O.6CH4/c2*1-3(4)5-2;1-3(2)4;;;;;;/h2*1-2H3;1-2H3;6*1H4. The van der Waals surface area contributed by atoms with E-state index < -0.39 is 0 Å². The summed E-state index contributed by atoms with van der Waals surface area (Å²) in [5.41, 5.74) is 0. The van der Waals surface area contributed by atoms with E-state index in [1.807, 2.05) is 0 Å². The van der Waals surface area contributed by atoms with Crippen molar-refractivity contribution in [3.8, 4) is 0 Å². The van der Waals surface area contributed by atoms with Crippen LogP contribution >= 0.6 is 0 Å². The predicted octanol–water partition coefficient (Wildman–Crippen LogP) is 4.77. The maximum Gasteiger partial charge on any atom is 0.302 e. The Labute approximate surface area is 129 Å². The fourth-order valence-corrected chi connectivity index (χ4v) is 0. The molecule has 0 rings (SSSR count). The molecule has 5 heteroatoms. The molecule has 0 atom stereocenters. The van der Waals surface area contributed by atoms with Crippen LogP contribution in [0.4, 0.5) is 0 Å². The van der Waals surface area contributed by atoms with Crippen LogP contribution in [0.2, 0.25) is 0 Å². The van der Waals surface area contributed by atoms with E-state index in [4.69, 9.17) is 0 Å². The third-order valence-corrected chi connectivity index (χ3v) is 0.575. The lowest BCUT2D eigenvalue weighted by molar-refractivity contribution is -0.138. The Kier molecular flexibility index (Phi) is 164. The Morgan fingerprint density at radius 1 is 0.550 bits per heavy atom. The smallest absolute Gasteiger partial charge is 0.302 e. The van der Waals surface area contributed by atoms with Gasteiger partial charge in [-0.2, -0.15) is 0 Å². The number of Topliss-reactive ketones (excluding diaryl/α,β-unsaturated/α-hetero) is 1. The number of carbonyl (C=O) groups is 3. The van der Waals surface area contributed by atoms with Crippen molar-refractivity contribution in [3.63, 3.8) is 0 Å². The Hall–Kier alpha value is -1.39. The summed E-state index contributed by atoms with van der Waals surface area (Å²) < 4.78 is 8.22. The van der Waals surface area contributed by atoms with Crippen molar-refractivity contribution in [1.29, 1.82) is 0 Å². The van der Waals surface area contributed by atoms with Gasteiger partial charge in [0.25, 0.3) is 0 Å². The molecule has 0 unspecified atom stereocenters. The molecule has 0 N–H and O–H groups in total. The average molecular weight is 302 g/mol. The molecule has 0 aliphatic rings. The topological polar surface area (TPSA) is 69.7 Å². The molecule has 0 saturated carbocycles. The van der Waals surface area contributed by atoms with E-state index in [1.165, 1.54) is 41.9 Å². The number of methoxy groups -OCH3 is 2. The highest BCUT2D eigenvalue weighted by atomic mass is 16.5. The number of hydrogen-bond donors (Lipinski definition) is 0. The predicted molar refractivity (Wildman–Crippen MR) is 92.1 cm³/mol. The molecular weight excluding hydrogens is 260 g/mol.